The Kier molecular flexibility index (Phi) is 2.76. The Labute approximate surface area is 48.2 Å². The van der Waals surface area contributed by atoms with Gasteiger partial charge in [-0.1, -0.05) is 0 Å². The van der Waals surface area contributed by atoms with Crippen LogP contribution in [-0.2, 0) is 4.79 Å². The molecule has 2 nitrogen and oxygen atoms in total. The fourth-order valence-corrected chi connectivity index (χ4v) is 0.223. The van der Waals surface area contributed by atoms with Gasteiger partial charge in [-0.05, 0) is 6.92 Å². The SMILES string of the molecule is CCN(Cl)C(C)=O. The van der Waals surface area contributed by atoms with Crippen LogP contribution in [0.15, 0.2) is 0 Å². The van der Waals surface area contributed by atoms with Crippen molar-refractivity contribution in [2.75, 3.05) is 6.54 Å². The Balaban J connectivity index is 3.34. The third kappa shape index (κ3) is 2.45. The van der Waals surface area contributed by atoms with Crippen LogP contribution in [0.1, 0.15) is 13.8 Å². The maximum absolute atomic E-state index is 10.2. The average molecular weight is 122 g/mol. The minimum atomic E-state index is -0.107. The molecule has 0 aromatic carbocycles. The Morgan fingerprint density at radius 1 is 1.86 bits per heavy atom. The van der Waals surface area contributed by atoms with Gasteiger partial charge in [-0.2, -0.15) is 0 Å². The van der Waals surface area contributed by atoms with Gasteiger partial charge >= 0.3 is 0 Å². The summed E-state index contributed by atoms with van der Waals surface area (Å²) in [5.74, 6) is -0.107. The van der Waals surface area contributed by atoms with Crippen molar-refractivity contribution in [3.63, 3.8) is 0 Å². The fourth-order valence-electron chi connectivity index (χ4n) is 0.223. The third-order valence-electron chi connectivity index (χ3n) is 0.619. The van der Waals surface area contributed by atoms with Crippen molar-refractivity contribution in [3.05, 3.63) is 0 Å². The molecule has 42 valence electrons. The van der Waals surface area contributed by atoms with E-state index < -0.39 is 0 Å². The van der Waals surface area contributed by atoms with E-state index in [1.807, 2.05) is 6.92 Å². The van der Waals surface area contributed by atoms with Crippen molar-refractivity contribution in [2.24, 2.45) is 0 Å². The highest BCUT2D eigenvalue weighted by Gasteiger charge is 1.97. The van der Waals surface area contributed by atoms with Gasteiger partial charge in [0.2, 0.25) is 5.91 Å². The molecular formula is C4H8ClNO. The monoisotopic (exact) mass is 121 g/mol. The summed E-state index contributed by atoms with van der Waals surface area (Å²) in [6, 6.07) is 0. The molecule has 0 saturated heterocycles. The van der Waals surface area contributed by atoms with Gasteiger partial charge in [-0.25, -0.2) is 0 Å². The van der Waals surface area contributed by atoms with Crippen LogP contribution >= 0.6 is 11.8 Å². The van der Waals surface area contributed by atoms with Crippen LogP contribution in [0.25, 0.3) is 0 Å². The number of nitrogens with zero attached hydrogens (tertiary/aromatic N) is 1. The summed E-state index contributed by atoms with van der Waals surface area (Å²) in [6.45, 7) is 3.81. The van der Waals surface area contributed by atoms with Gasteiger partial charge in [-0.3, -0.25) is 9.21 Å². The summed E-state index contributed by atoms with van der Waals surface area (Å²) in [7, 11) is 0. The molecule has 0 heterocycles. The van der Waals surface area contributed by atoms with Gasteiger partial charge in [0.05, 0.1) is 0 Å². The number of carbonyl (C=O) groups is 1. The van der Waals surface area contributed by atoms with Gasteiger partial charge in [0, 0.05) is 25.2 Å². The molecule has 0 radical (unpaired) electrons. The molecule has 0 N–H and O–H groups in total. The van der Waals surface area contributed by atoms with E-state index in [-0.39, 0.29) is 5.91 Å². The molecule has 0 bridgehead atoms. The standard InChI is InChI=1S/C4H8ClNO/c1-3-6(5)4(2)7/h3H2,1-2H3. The number of hydrogen-bond donors (Lipinski definition) is 0. The van der Waals surface area contributed by atoms with Crippen LogP contribution in [0.4, 0.5) is 0 Å². The van der Waals surface area contributed by atoms with Crippen molar-refractivity contribution in [1.82, 2.24) is 4.42 Å². The van der Waals surface area contributed by atoms with Crippen LogP contribution in [0, 0.1) is 0 Å². The molecule has 7 heavy (non-hydrogen) atoms. The number of hydrogen-bond acceptors (Lipinski definition) is 1. The van der Waals surface area contributed by atoms with Gasteiger partial charge in [-0.15, -0.1) is 0 Å². The Bertz CT molecular complexity index is 74.1. The van der Waals surface area contributed by atoms with E-state index in [1.165, 1.54) is 6.92 Å². The predicted octanol–water partition coefficient (Wildman–Crippen LogP) is 1.01. The van der Waals surface area contributed by atoms with Gasteiger partial charge < -0.3 is 0 Å². The summed E-state index contributed by atoms with van der Waals surface area (Å²) in [6.07, 6.45) is 0. The molecule has 0 aromatic rings. The lowest BCUT2D eigenvalue weighted by atomic mass is 10.6. The van der Waals surface area contributed by atoms with Crippen LogP contribution in [0.5, 0.6) is 0 Å². The molecule has 0 aliphatic heterocycles. The lowest BCUT2D eigenvalue weighted by Gasteiger charge is -2.04. The largest absolute Gasteiger partial charge is 0.274 e. The van der Waals surface area contributed by atoms with Crippen molar-refractivity contribution in [2.45, 2.75) is 13.8 Å². The third-order valence-corrected chi connectivity index (χ3v) is 1.10. The van der Waals surface area contributed by atoms with E-state index in [0.717, 1.165) is 4.42 Å². The first-order valence-corrected chi connectivity index (χ1v) is 2.46. The highest BCUT2D eigenvalue weighted by Crippen LogP contribution is 1.90. The lowest BCUT2D eigenvalue weighted by molar-refractivity contribution is -0.124. The topological polar surface area (TPSA) is 20.3 Å². The van der Waals surface area contributed by atoms with E-state index in [4.69, 9.17) is 11.8 Å². The van der Waals surface area contributed by atoms with E-state index in [1.54, 1.807) is 0 Å². The first-order valence-electron chi connectivity index (χ1n) is 2.12. The summed E-state index contributed by atoms with van der Waals surface area (Å²) in [5.41, 5.74) is 0. The van der Waals surface area contributed by atoms with Crippen molar-refractivity contribution < 1.29 is 4.79 Å². The molecule has 0 aliphatic rings. The number of amides is 1. The molecule has 3 heteroatoms. The molecule has 0 rings (SSSR count). The lowest BCUT2D eigenvalue weighted by Crippen LogP contribution is -2.16. The average Bonchev–Trinajstić information content (AvgIpc) is 1.65. The number of carbonyl (C=O) groups excluding carboxylic acids is 1. The Hall–Kier alpha value is -0.240. The molecule has 0 atom stereocenters. The van der Waals surface area contributed by atoms with E-state index >= 15 is 0 Å². The highest BCUT2D eigenvalue weighted by molar-refractivity contribution is 6.20. The van der Waals surface area contributed by atoms with Crippen LogP contribution in [0.3, 0.4) is 0 Å². The van der Waals surface area contributed by atoms with E-state index in [9.17, 15) is 4.79 Å². The molecule has 0 fully saturated rings. The highest BCUT2D eigenvalue weighted by atomic mass is 35.5. The van der Waals surface area contributed by atoms with Crippen molar-refractivity contribution >= 4 is 17.7 Å². The Morgan fingerprint density at radius 3 is 2.29 bits per heavy atom. The van der Waals surface area contributed by atoms with Crippen LogP contribution < -0.4 is 0 Å². The predicted molar refractivity (Wildman–Crippen MR) is 28.9 cm³/mol. The van der Waals surface area contributed by atoms with E-state index in [0.29, 0.717) is 6.54 Å². The summed E-state index contributed by atoms with van der Waals surface area (Å²) in [5, 5.41) is 0. The second-order valence-corrected chi connectivity index (χ2v) is 1.61. The van der Waals surface area contributed by atoms with Crippen LogP contribution in [-0.4, -0.2) is 16.9 Å². The Morgan fingerprint density at radius 2 is 2.29 bits per heavy atom. The maximum Gasteiger partial charge on any atom is 0.233 e. The molecular weight excluding hydrogens is 114 g/mol. The minimum Gasteiger partial charge on any atom is -0.274 e. The molecule has 0 aliphatic carbocycles. The normalized spacial score (nSPS) is 8.43. The number of halogens is 1. The second kappa shape index (κ2) is 2.86. The van der Waals surface area contributed by atoms with Crippen molar-refractivity contribution in [1.29, 1.82) is 0 Å². The van der Waals surface area contributed by atoms with Gasteiger partial charge in [0.25, 0.3) is 0 Å². The molecule has 0 unspecified atom stereocenters. The summed E-state index contributed by atoms with van der Waals surface area (Å²) in [4.78, 5) is 10.2. The molecule has 0 saturated carbocycles. The molecule has 1 amide bonds. The second-order valence-electron chi connectivity index (χ2n) is 1.20. The molecule has 0 spiro atoms. The minimum absolute atomic E-state index is 0.107. The fraction of sp³-hybridized carbons (Fsp3) is 0.750. The van der Waals surface area contributed by atoms with Gasteiger partial charge in [0.15, 0.2) is 0 Å². The van der Waals surface area contributed by atoms with Crippen LogP contribution in [0.2, 0.25) is 0 Å². The van der Waals surface area contributed by atoms with Gasteiger partial charge in [0.1, 0.15) is 0 Å². The first-order chi connectivity index (χ1) is 3.18. The zero-order chi connectivity index (χ0) is 5.86. The van der Waals surface area contributed by atoms with Crippen molar-refractivity contribution in [3.8, 4) is 0 Å². The summed E-state index contributed by atoms with van der Waals surface area (Å²) < 4.78 is 1.12. The smallest absolute Gasteiger partial charge is 0.233 e. The molecule has 0 aromatic heterocycles. The first kappa shape index (κ1) is 6.76. The zero-order valence-corrected chi connectivity index (χ0v) is 5.20. The summed E-state index contributed by atoms with van der Waals surface area (Å²) >= 11 is 5.28. The zero-order valence-electron chi connectivity index (χ0n) is 4.44. The number of rotatable bonds is 1. The quantitative estimate of drug-likeness (QED) is 0.474. The van der Waals surface area contributed by atoms with E-state index in [2.05, 4.69) is 0 Å². The maximum atomic E-state index is 10.2.